The van der Waals surface area contributed by atoms with Gasteiger partial charge in [0.05, 0.1) is 21.8 Å². The standard InChI is InChI=1S/C14H11Cl2N3O/c1-8(14-11(15)6-17-7-12(14)16)20-10-2-3-13-9(4-10)5-18-19-13/h2-8H,1H3,(H,18,19)/t8-/m1/s1. The molecule has 0 aliphatic carbocycles. The molecule has 0 spiro atoms. The molecule has 4 nitrogen and oxygen atoms in total. The molecule has 1 aromatic carbocycles. The van der Waals surface area contributed by atoms with Crippen molar-refractivity contribution in [1.29, 1.82) is 0 Å². The fourth-order valence-electron chi connectivity index (χ4n) is 2.07. The minimum atomic E-state index is -0.276. The summed E-state index contributed by atoms with van der Waals surface area (Å²) in [7, 11) is 0. The zero-order valence-corrected chi connectivity index (χ0v) is 12.1. The van der Waals surface area contributed by atoms with Gasteiger partial charge in [0.15, 0.2) is 0 Å². The molecule has 0 amide bonds. The Balaban J connectivity index is 1.90. The van der Waals surface area contributed by atoms with Crippen LogP contribution in [0.15, 0.2) is 36.8 Å². The Morgan fingerprint density at radius 3 is 2.65 bits per heavy atom. The minimum Gasteiger partial charge on any atom is -0.486 e. The highest BCUT2D eigenvalue weighted by Gasteiger charge is 2.16. The number of pyridine rings is 1. The van der Waals surface area contributed by atoms with Gasteiger partial charge in [-0.25, -0.2) is 0 Å². The summed E-state index contributed by atoms with van der Waals surface area (Å²) in [5.41, 5.74) is 1.70. The number of benzene rings is 1. The number of nitrogens with one attached hydrogen (secondary N) is 1. The first-order chi connectivity index (χ1) is 9.65. The van der Waals surface area contributed by atoms with E-state index in [1.54, 1.807) is 18.6 Å². The molecule has 3 rings (SSSR count). The molecule has 0 saturated carbocycles. The molecule has 0 radical (unpaired) electrons. The van der Waals surface area contributed by atoms with E-state index in [1.165, 1.54) is 0 Å². The molecule has 102 valence electrons. The maximum absolute atomic E-state index is 6.13. The van der Waals surface area contributed by atoms with Gasteiger partial charge in [-0.3, -0.25) is 10.1 Å². The van der Waals surface area contributed by atoms with Crippen molar-refractivity contribution in [1.82, 2.24) is 15.2 Å². The summed E-state index contributed by atoms with van der Waals surface area (Å²) in [6.45, 7) is 1.90. The second-order valence-electron chi connectivity index (χ2n) is 4.40. The first kappa shape index (κ1) is 13.2. The quantitative estimate of drug-likeness (QED) is 0.780. The lowest BCUT2D eigenvalue weighted by molar-refractivity contribution is 0.227. The van der Waals surface area contributed by atoms with Gasteiger partial charge in [0.25, 0.3) is 0 Å². The third-order valence-corrected chi connectivity index (χ3v) is 3.62. The van der Waals surface area contributed by atoms with Crippen LogP contribution in [0.4, 0.5) is 0 Å². The number of hydrogen-bond acceptors (Lipinski definition) is 3. The zero-order valence-electron chi connectivity index (χ0n) is 10.6. The number of H-pyrrole nitrogens is 1. The largest absolute Gasteiger partial charge is 0.486 e. The van der Waals surface area contributed by atoms with Crippen LogP contribution in [0.3, 0.4) is 0 Å². The predicted octanol–water partition coefficient (Wildman–Crippen LogP) is 4.40. The van der Waals surface area contributed by atoms with Crippen LogP contribution in [0.5, 0.6) is 5.75 Å². The monoisotopic (exact) mass is 307 g/mol. The van der Waals surface area contributed by atoms with E-state index >= 15 is 0 Å². The van der Waals surface area contributed by atoms with Crippen molar-refractivity contribution in [2.24, 2.45) is 0 Å². The summed E-state index contributed by atoms with van der Waals surface area (Å²) < 4.78 is 5.90. The van der Waals surface area contributed by atoms with Crippen molar-refractivity contribution in [3.8, 4) is 5.75 Å². The van der Waals surface area contributed by atoms with Crippen LogP contribution in [-0.2, 0) is 0 Å². The second-order valence-corrected chi connectivity index (χ2v) is 5.21. The molecule has 0 aliphatic heterocycles. The average molecular weight is 308 g/mol. The van der Waals surface area contributed by atoms with Crippen LogP contribution < -0.4 is 4.74 Å². The Bertz CT molecular complexity index is 737. The van der Waals surface area contributed by atoms with E-state index in [4.69, 9.17) is 27.9 Å². The maximum Gasteiger partial charge on any atom is 0.124 e. The number of hydrogen-bond donors (Lipinski definition) is 1. The predicted molar refractivity (Wildman–Crippen MR) is 79.4 cm³/mol. The van der Waals surface area contributed by atoms with Crippen molar-refractivity contribution < 1.29 is 4.74 Å². The van der Waals surface area contributed by atoms with Gasteiger partial charge in [-0.1, -0.05) is 23.2 Å². The van der Waals surface area contributed by atoms with Crippen molar-refractivity contribution >= 4 is 34.1 Å². The van der Waals surface area contributed by atoms with Crippen molar-refractivity contribution in [3.63, 3.8) is 0 Å². The van der Waals surface area contributed by atoms with Gasteiger partial charge >= 0.3 is 0 Å². The normalized spacial score (nSPS) is 12.6. The molecule has 3 aromatic rings. The van der Waals surface area contributed by atoms with Gasteiger partial charge in [0.1, 0.15) is 11.9 Å². The van der Waals surface area contributed by atoms with E-state index < -0.39 is 0 Å². The Morgan fingerprint density at radius 1 is 1.15 bits per heavy atom. The second kappa shape index (κ2) is 5.31. The van der Waals surface area contributed by atoms with Crippen molar-refractivity contribution in [2.75, 3.05) is 0 Å². The fourth-order valence-corrected chi connectivity index (χ4v) is 2.74. The number of ether oxygens (including phenoxy) is 1. The first-order valence-electron chi connectivity index (χ1n) is 6.04. The highest BCUT2D eigenvalue weighted by Crippen LogP contribution is 2.32. The number of halogens is 2. The van der Waals surface area contributed by atoms with Gasteiger partial charge in [0.2, 0.25) is 0 Å². The van der Waals surface area contributed by atoms with Crippen LogP contribution in [0, 0.1) is 0 Å². The van der Waals surface area contributed by atoms with Crippen LogP contribution in [-0.4, -0.2) is 15.2 Å². The lowest BCUT2D eigenvalue weighted by atomic mass is 10.1. The van der Waals surface area contributed by atoms with Gasteiger partial charge in [0, 0.05) is 23.3 Å². The number of fused-ring (bicyclic) bond motifs is 1. The van der Waals surface area contributed by atoms with E-state index in [-0.39, 0.29) is 6.10 Å². The summed E-state index contributed by atoms with van der Waals surface area (Å²) in [5, 5.41) is 8.85. The highest BCUT2D eigenvalue weighted by molar-refractivity contribution is 6.35. The van der Waals surface area contributed by atoms with Crippen LogP contribution >= 0.6 is 23.2 Å². The molecule has 20 heavy (non-hydrogen) atoms. The van der Waals surface area contributed by atoms with Gasteiger partial charge in [-0.2, -0.15) is 5.10 Å². The lowest BCUT2D eigenvalue weighted by Crippen LogP contribution is -2.05. The number of nitrogens with zero attached hydrogens (tertiary/aromatic N) is 2. The maximum atomic E-state index is 6.13. The smallest absolute Gasteiger partial charge is 0.124 e. The molecular formula is C14H11Cl2N3O. The third-order valence-electron chi connectivity index (χ3n) is 3.02. The summed E-state index contributed by atoms with van der Waals surface area (Å²) >= 11 is 12.3. The molecule has 0 bridgehead atoms. The van der Waals surface area contributed by atoms with Gasteiger partial charge < -0.3 is 4.74 Å². The SMILES string of the molecule is C[C@@H](Oc1ccc2[nH]ncc2c1)c1c(Cl)cncc1Cl. The highest BCUT2D eigenvalue weighted by atomic mass is 35.5. The minimum absolute atomic E-state index is 0.276. The Kier molecular flexibility index (Phi) is 3.51. The summed E-state index contributed by atoms with van der Waals surface area (Å²) in [4.78, 5) is 3.94. The molecule has 6 heteroatoms. The van der Waals surface area contributed by atoms with E-state index in [1.807, 2.05) is 25.1 Å². The molecule has 1 atom stereocenters. The van der Waals surface area contributed by atoms with Crippen LogP contribution in [0.1, 0.15) is 18.6 Å². The molecule has 0 fully saturated rings. The van der Waals surface area contributed by atoms with Crippen LogP contribution in [0.25, 0.3) is 10.9 Å². The third kappa shape index (κ3) is 2.44. The molecule has 0 saturated heterocycles. The molecule has 2 aromatic heterocycles. The van der Waals surface area contributed by atoms with Crippen molar-refractivity contribution in [2.45, 2.75) is 13.0 Å². The topological polar surface area (TPSA) is 50.8 Å². The van der Waals surface area contributed by atoms with E-state index in [0.29, 0.717) is 10.0 Å². The summed E-state index contributed by atoms with van der Waals surface area (Å²) in [6.07, 6.45) is 4.59. The molecule has 0 aliphatic rings. The molecule has 1 N–H and O–H groups in total. The Morgan fingerprint density at radius 2 is 1.90 bits per heavy atom. The molecule has 2 heterocycles. The molecular weight excluding hydrogens is 297 g/mol. The zero-order chi connectivity index (χ0) is 14.1. The lowest BCUT2D eigenvalue weighted by Gasteiger charge is -2.17. The summed E-state index contributed by atoms with van der Waals surface area (Å²) in [5.74, 6) is 0.732. The Labute approximate surface area is 125 Å². The number of rotatable bonds is 3. The Hall–Kier alpha value is -1.78. The number of aromatic nitrogens is 3. The molecule has 0 unspecified atom stereocenters. The summed E-state index contributed by atoms with van der Waals surface area (Å²) in [6, 6.07) is 5.71. The van der Waals surface area contributed by atoms with E-state index in [9.17, 15) is 0 Å². The van der Waals surface area contributed by atoms with Crippen LogP contribution in [0.2, 0.25) is 10.0 Å². The average Bonchev–Trinajstić information content (AvgIpc) is 2.85. The van der Waals surface area contributed by atoms with Crippen molar-refractivity contribution in [3.05, 3.63) is 52.4 Å². The fraction of sp³-hybridized carbons (Fsp3) is 0.143. The number of aromatic amines is 1. The first-order valence-corrected chi connectivity index (χ1v) is 6.79. The van der Waals surface area contributed by atoms with E-state index in [2.05, 4.69) is 15.2 Å². The van der Waals surface area contributed by atoms with Gasteiger partial charge in [-0.05, 0) is 25.1 Å². The van der Waals surface area contributed by atoms with E-state index in [0.717, 1.165) is 22.2 Å². The van der Waals surface area contributed by atoms with Gasteiger partial charge in [-0.15, -0.1) is 0 Å².